The maximum atomic E-state index is 12.9. The van der Waals surface area contributed by atoms with Crippen molar-refractivity contribution in [3.8, 4) is 0 Å². The third kappa shape index (κ3) is 5.90. The summed E-state index contributed by atoms with van der Waals surface area (Å²) in [7, 11) is -2.03. The van der Waals surface area contributed by atoms with E-state index in [4.69, 9.17) is 27.9 Å². The number of carbonyl (C=O) groups is 1. The van der Waals surface area contributed by atoms with Gasteiger partial charge in [0.2, 0.25) is 10.0 Å². The van der Waals surface area contributed by atoms with Gasteiger partial charge >= 0.3 is 0 Å². The molecule has 0 aliphatic carbocycles. The summed E-state index contributed by atoms with van der Waals surface area (Å²) in [6, 6.07) is 9.30. The van der Waals surface area contributed by atoms with E-state index in [0.29, 0.717) is 41.1 Å². The van der Waals surface area contributed by atoms with Crippen molar-refractivity contribution < 1.29 is 17.9 Å². The second kappa shape index (κ2) is 11.8. The Kier molecular flexibility index (Phi) is 9.31. The molecule has 0 aliphatic rings. The van der Waals surface area contributed by atoms with Crippen LogP contribution >= 0.6 is 34.5 Å². The van der Waals surface area contributed by atoms with Gasteiger partial charge in [-0.3, -0.25) is 4.79 Å². The van der Waals surface area contributed by atoms with Crippen LogP contribution in [0.1, 0.15) is 37.0 Å². The van der Waals surface area contributed by atoms with E-state index in [0.717, 1.165) is 23.1 Å². The van der Waals surface area contributed by atoms with Crippen LogP contribution in [0.3, 0.4) is 0 Å². The Bertz CT molecular complexity index is 1330. The SMILES string of the molecule is CCCCN(CC)S(=O)(=O)c1ccc(C(=O)N=c2sc3cc(Cl)cc(Cl)c3n2CCOC)cc1. The van der Waals surface area contributed by atoms with Crippen LogP contribution in [0.25, 0.3) is 10.2 Å². The number of unbranched alkanes of at least 4 members (excludes halogenated alkanes) is 1. The number of benzene rings is 2. The first-order valence-corrected chi connectivity index (χ1v) is 13.9. The zero-order valence-electron chi connectivity index (χ0n) is 19.3. The minimum atomic E-state index is -3.62. The minimum Gasteiger partial charge on any atom is -0.383 e. The van der Waals surface area contributed by atoms with E-state index in [1.54, 1.807) is 19.2 Å². The second-order valence-corrected chi connectivity index (χ2v) is 11.3. The van der Waals surface area contributed by atoms with E-state index >= 15 is 0 Å². The van der Waals surface area contributed by atoms with Gasteiger partial charge in [0.25, 0.3) is 5.91 Å². The van der Waals surface area contributed by atoms with Crippen LogP contribution < -0.4 is 4.80 Å². The molecule has 0 aliphatic heterocycles. The van der Waals surface area contributed by atoms with Crippen molar-refractivity contribution in [2.24, 2.45) is 4.99 Å². The lowest BCUT2D eigenvalue weighted by Crippen LogP contribution is -2.31. The number of amides is 1. The Morgan fingerprint density at radius 3 is 2.50 bits per heavy atom. The van der Waals surface area contributed by atoms with E-state index in [1.165, 1.54) is 39.9 Å². The van der Waals surface area contributed by atoms with Gasteiger partial charge in [-0.15, -0.1) is 0 Å². The molecule has 0 N–H and O–H groups in total. The quantitative estimate of drug-likeness (QED) is 0.351. The van der Waals surface area contributed by atoms with Crippen molar-refractivity contribution in [2.45, 2.75) is 38.1 Å². The van der Waals surface area contributed by atoms with Crippen molar-refractivity contribution in [3.63, 3.8) is 0 Å². The van der Waals surface area contributed by atoms with Gasteiger partial charge in [-0.2, -0.15) is 9.30 Å². The van der Waals surface area contributed by atoms with Crippen LogP contribution in [-0.2, 0) is 21.3 Å². The third-order valence-electron chi connectivity index (χ3n) is 5.26. The van der Waals surface area contributed by atoms with Gasteiger partial charge in [0, 0.05) is 37.3 Å². The topological polar surface area (TPSA) is 81.0 Å². The molecule has 3 aromatic rings. The van der Waals surface area contributed by atoms with Crippen LogP contribution in [0.4, 0.5) is 0 Å². The highest BCUT2D eigenvalue weighted by Crippen LogP contribution is 2.29. The maximum Gasteiger partial charge on any atom is 0.279 e. The molecule has 2 aromatic carbocycles. The van der Waals surface area contributed by atoms with E-state index in [2.05, 4.69) is 4.99 Å². The number of nitrogens with zero attached hydrogens (tertiary/aromatic N) is 3. The number of methoxy groups -OCH3 is 1. The summed E-state index contributed by atoms with van der Waals surface area (Å²) < 4.78 is 35.1. The number of aromatic nitrogens is 1. The van der Waals surface area contributed by atoms with Crippen molar-refractivity contribution in [3.05, 3.63) is 56.8 Å². The molecule has 0 fully saturated rings. The smallest absolute Gasteiger partial charge is 0.279 e. The molecule has 0 saturated carbocycles. The number of carbonyl (C=O) groups excluding carboxylic acids is 1. The van der Waals surface area contributed by atoms with Gasteiger partial charge < -0.3 is 9.30 Å². The highest BCUT2D eigenvalue weighted by molar-refractivity contribution is 7.89. The number of fused-ring (bicyclic) bond motifs is 1. The summed E-state index contributed by atoms with van der Waals surface area (Å²) in [6.45, 7) is 5.54. The number of halogens is 2. The van der Waals surface area contributed by atoms with Gasteiger partial charge in [-0.1, -0.05) is 54.8 Å². The Morgan fingerprint density at radius 2 is 1.88 bits per heavy atom. The molecule has 0 saturated heterocycles. The number of ether oxygens (including phenoxy) is 1. The molecule has 1 amide bonds. The lowest BCUT2D eigenvalue weighted by Gasteiger charge is -2.20. The Morgan fingerprint density at radius 1 is 1.18 bits per heavy atom. The van der Waals surface area contributed by atoms with Gasteiger partial charge in [-0.05, 0) is 42.8 Å². The number of rotatable bonds is 10. The third-order valence-corrected chi connectivity index (χ3v) is 8.78. The largest absolute Gasteiger partial charge is 0.383 e. The monoisotopic (exact) mass is 543 g/mol. The molecule has 3 rings (SSSR count). The average Bonchev–Trinajstić information content (AvgIpc) is 3.14. The van der Waals surface area contributed by atoms with E-state index in [1.807, 2.05) is 18.4 Å². The Balaban J connectivity index is 1.96. The van der Waals surface area contributed by atoms with Crippen LogP contribution in [0, 0.1) is 0 Å². The molecule has 7 nitrogen and oxygen atoms in total. The molecule has 1 heterocycles. The first-order chi connectivity index (χ1) is 16.2. The molecule has 0 radical (unpaired) electrons. The van der Waals surface area contributed by atoms with Gasteiger partial charge in [0.1, 0.15) is 0 Å². The number of hydrogen-bond acceptors (Lipinski definition) is 5. The lowest BCUT2D eigenvalue weighted by molar-refractivity contribution is 0.0997. The van der Waals surface area contributed by atoms with E-state index < -0.39 is 15.9 Å². The predicted octanol–water partition coefficient (Wildman–Crippen LogP) is 5.21. The van der Waals surface area contributed by atoms with Crippen molar-refractivity contribution in [2.75, 3.05) is 26.8 Å². The molecule has 0 atom stereocenters. The normalized spacial score (nSPS) is 12.7. The molecular formula is C23H27Cl2N3O4S2. The van der Waals surface area contributed by atoms with Gasteiger partial charge in [-0.25, -0.2) is 8.42 Å². The average molecular weight is 545 g/mol. The molecule has 11 heteroatoms. The van der Waals surface area contributed by atoms with Gasteiger partial charge in [0.15, 0.2) is 4.80 Å². The first-order valence-electron chi connectivity index (χ1n) is 10.9. The molecule has 184 valence electrons. The zero-order valence-corrected chi connectivity index (χ0v) is 22.4. The summed E-state index contributed by atoms with van der Waals surface area (Å²) in [5.74, 6) is -0.484. The molecule has 34 heavy (non-hydrogen) atoms. The highest BCUT2D eigenvalue weighted by atomic mass is 35.5. The fourth-order valence-electron chi connectivity index (χ4n) is 3.46. The summed E-state index contributed by atoms with van der Waals surface area (Å²) in [5.41, 5.74) is 1.02. The Hall–Kier alpha value is -1.75. The fourth-order valence-corrected chi connectivity index (χ4v) is 6.78. The second-order valence-electron chi connectivity index (χ2n) is 7.56. The van der Waals surface area contributed by atoms with Crippen molar-refractivity contribution >= 4 is 60.7 Å². The first kappa shape index (κ1) is 26.8. The summed E-state index contributed by atoms with van der Waals surface area (Å²) in [5, 5.41) is 0.953. The maximum absolute atomic E-state index is 12.9. The number of hydrogen-bond donors (Lipinski definition) is 0. The van der Waals surface area contributed by atoms with E-state index in [-0.39, 0.29) is 10.5 Å². The van der Waals surface area contributed by atoms with Crippen molar-refractivity contribution in [1.82, 2.24) is 8.87 Å². The number of thiazole rings is 1. The van der Waals surface area contributed by atoms with Crippen LogP contribution in [0.5, 0.6) is 0 Å². The van der Waals surface area contributed by atoms with Crippen LogP contribution in [0.2, 0.25) is 10.0 Å². The van der Waals surface area contributed by atoms with Crippen molar-refractivity contribution in [1.29, 1.82) is 0 Å². The molecule has 0 spiro atoms. The summed E-state index contributed by atoms with van der Waals surface area (Å²) in [6.07, 6.45) is 1.69. The standard InChI is InChI=1S/C23H27Cl2N3O4S2/c1-4-6-11-27(5-2)34(30,31)18-9-7-16(8-10-18)22(29)26-23-28(12-13-32-3)21-19(25)14-17(24)15-20(21)33-23/h7-10,14-15H,4-6,11-13H2,1-3H3. The minimum absolute atomic E-state index is 0.153. The zero-order chi connectivity index (χ0) is 24.9. The van der Waals surface area contributed by atoms with E-state index in [9.17, 15) is 13.2 Å². The van der Waals surface area contributed by atoms with Gasteiger partial charge in [0.05, 0.1) is 26.7 Å². The summed E-state index contributed by atoms with van der Waals surface area (Å²) >= 11 is 13.9. The molecule has 1 aromatic heterocycles. The molecule has 0 unspecified atom stereocenters. The predicted molar refractivity (Wildman–Crippen MR) is 137 cm³/mol. The van der Waals surface area contributed by atoms with Crippen LogP contribution in [0.15, 0.2) is 46.3 Å². The van der Waals surface area contributed by atoms with Crippen LogP contribution in [-0.4, -0.2) is 50.0 Å². The fraction of sp³-hybridized carbons (Fsp3) is 0.391. The number of sulfonamides is 1. The molecular weight excluding hydrogens is 517 g/mol. The highest BCUT2D eigenvalue weighted by Gasteiger charge is 2.23. The summed E-state index contributed by atoms with van der Waals surface area (Å²) in [4.78, 5) is 17.8. The Labute approximate surface area is 213 Å². The lowest BCUT2D eigenvalue weighted by atomic mass is 10.2. The molecule has 0 bridgehead atoms.